The van der Waals surface area contributed by atoms with Crippen LogP contribution >= 0.6 is 11.8 Å². The van der Waals surface area contributed by atoms with Crippen molar-refractivity contribution in [2.75, 3.05) is 23.4 Å². The SMILES string of the molecule is C=CCSCC(=O)Nc1cccc(C(=O)OCCCC)c1. The van der Waals surface area contributed by atoms with Gasteiger partial charge in [-0.1, -0.05) is 25.5 Å². The molecule has 1 rings (SSSR count). The Balaban J connectivity index is 2.53. The van der Waals surface area contributed by atoms with Crippen LogP contribution in [-0.2, 0) is 9.53 Å². The Labute approximate surface area is 130 Å². The van der Waals surface area contributed by atoms with Crippen molar-refractivity contribution in [3.8, 4) is 0 Å². The summed E-state index contributed by atoms with van der Waals surface area (Å²) in [7, 11) is 0. The zero-order valence-corrected chi connectivity index (χ0v) is 13.1. The summed E-state index contributed by atoms with van der Waals surface area (Å²) in [5, 5.41) is 2.76. The maximum absolute atomic E-state index is 11.8. The van der Waals surface area contributed by atoms with Gasteiger partial charge in [0.25, 0.3) is 0 Å². The Bertz CT molecular complexity index is 488. The van der Waals surface area contributed by atoms with Crippen LogP contribution < -0.4 is 5.32 Å². The zero-order valence-electron chi connectivity index (χ0n) is 12.3. The average Bonchev–Trinajstić information content (AvgIpc) is 2.48. The molecule has 0 radical (unpaired) electrons. The molecule has 1 N–H and O–H groups in total. The predicted molar refractivity (Wildman–Crippen MR) is 87.8 cm³/mol. The lowest BCUT2D eigenvalue weighted by atomic mass is 10.2. The van der Waals surface area contributed by atoms with Crippen LogP contribution in [0.25, 0.3) is 0 Å². The van der Waals surface area contributed by atoms with E-state index >= 15 is 0 Å². The standard InChI is InChI=1S/C16H21NO3S/c1-3-5-9-20-16(19)13-7-6-8-14(11-13)17-15(18)12-21-10-4-2/h4,6-8,11H,2-3,5,9-10,12H2,1H3,(H,17,18). The summed E-state index contributed by atoms with van der Waals surface area (Å²) in [5.41, 5.74) is 1.05. The molecule has 4 nitrogen and oxygen atoms in total. The van der Waals surface area contributed by atoms with Gasteiger partial charge < -0.3 is 10.1 Å². The molecule has 0 fully saturated rings. The lowest BCUT2D eigenvalue weighted by molar-refractivity contribution is -0.113. The molecule has 1 aromatic carbocycles. The van der Waals surface area contributed by atoms with Crippen LogP contribution in [0, 0.1) is 0 Å². The Hall–Kier alpha value is -1.75. The Kier molecular flexibility index (Phi) is 8.28. The van der Waals surface area contributed by atoms with Crippen molar-refractivity contribution in [3.05, 3.63) is 42.5 Å². The molecule has 21 heavy (non-hydrogen) atoms. The molecule has 0 aliphatic carbocycles. The van der Waals surface area contributed by atoms with Crippen LogP contribution in [0.4, 0.5) is 5.69 Å². The zero-order chi connectivity index (χ0) is 15.5. The van der Waals surface area contributed by atoms with Gasteiger partial charge in [0.15, 0.2) is 0 Å². The first-order chi connectivity index (χ1) is 10.2. The number of anilines is 1. The molecule has 0 bridgehead atoms. The third-order valence-corrected chi connectivity index (χ3v) is 3.52. The second-order valence-electron chi connectivity index (χ2n) is 4.42. The molecule has 1 aromatic rings. The number of carbonyl (C=O) groups excluding carboxylic acids is 2. The molecule has 0 aliphatic rings. The van der Waals surface area contributed by atoms with Gasteiger partial charge in [-0.25, -0.2) is 4.79 Å². The number of benzene rings is 1. The molecule has 0 aliphatic heterocycles. The van der Waals surface area contributed by atoms with Gasteiger partial charge in [-0.3, -0.25) is 4.79 Å². The number of thioether (sulfide) groups is 1. The molecular weight excluding hydrogens is 286 g/mol. The fraction of sp³-hybridized carbons (Fsp3) is 0.375. The van der Waals surface area contributed by atoms with Gasteiger partial charge in [0, 0.05) is 11.4 Å². The van der Waals surface area contributed by atoms with Gasteiger partial charge in [-0.2, -0.15) is 0 Å². The maximum Gasteiger partial charge on any atom is 0.338 e. The first-order valence-corrected chi connectivity index (χ1v) is 8.08. The van der Waals surface area contributed by atoms with E-state index in [9.17, 15) is 9.59 Å². The summed E-state index contributed by atoms with van der Waals surface area (Å²) in [6, 6.07) is 6.78. The highest BCUT2D eigenvalue weighted by atomic mass is 32.2. The minimum atomic E-state index is -0.361. The largest absolute Gasteiger partial charge is 0.462 e. The molecule has 0 saturated carbocycles. The van der Waals surface area contributed by atoms with Gasteiger partial charge >= 0.3 is 5.97 Å². The van der Waals surface area contributed by atoms with Crippen molar-refractivity contribution in [2.45, 2.75) is 19.8 Å². The van der Waals surface area contributed by atoms with E-state index in [0.29, 0.717) is 23.6 Å². The number of nitrogens with one attached hydrogen (secondary N) is 1. The first kappa shape index (κ1) is 17.3. The summed E-state index contributed by atoms with van der Waals surface area (Å²) in [4.78, 5) is 23.5. The van der Waals surface area contributed by atoms with Crippen molar-refractivity contribution in [2.24, 2.45) is 0 Å². The van der Waals surface area contributed by atoms with Crippen LogP contribution in [0.15, 0.2) is 36.9 Å². The van der Waals surface area contributed by atoms with E-state index in [4.69, 9.17) is 4.74 Å². The van der Waals surface area contributed by atoms with E-state index in [-0.39, 0.29) is 11.9 Å². The van der Waals surface area contributed by atoms with Crippen LogP contribution in [0.3, 0.4) is 0 Å². The quantitative estimate of drug-likeness (QED) is 0.431. The second kappa shape index (κ2) is 10.0. The van der Waals surface area contributed by atoms with Crippen LogP contribution in [0.5, 0.6) is 0 Å². The van der Waals surface area contributed by atoms with E-state index in [1.54, 1.807) is 30.3 Å². The molecule has 114 valence electrons. The minimum Gasteiger partial charge on any atom is -0.462 e. The Morgan fingerprint density at radius 2 is 2.24 bits per heavy atom. The van der Waals surface area contributed by atoms with Gasteiger partial charge in [-0.15, -0.1) is 18.3 Å². The molecule has 0 unspecified atom stereocenters. The summed E-state index contributed by atoms with van der Waals surface area (Å²) in [5.74, 6) is 0.632. The highest BCUT2D eigenvalue weighted by molar-refractivity contribution is 8.00. The minimum absolute atomic E-state index is 0.0987. The number of rotatable bonds is 9. The summed E-state index contributed by atoms with van der Waals surface area (Å²) in [6.45, 7) is 6.06. The third kappa shape index (κ3) is 6.99. The smallest absolute Gasteiger partial charge is 0.338 e. The van der Waals surface area contributed by atoms with Crippen molar-refractivity contribution in [1.29, 1.82) is 0 Å². The number of carbonyl (C=O) groups is 2. The number of amides is 1. The van der Waals surface area contributed by atoms with E-state index in [1.165, 1.54) is 11.8 Å². The molecular formula is C16H21NO3S. The van der Waals surface area contributed by atoms with E-state index < -0.39 is 0 Å². The molecule has 0 spiro atoms. The van der Waals surface area contributed by atoms with Crippen LogP contribution in [-0.4, -0.2) is 30.0 Å². The first-order valence-electron chi connectivity index (χ1n) is 6.93. The van der Waals surface area contributed by atoms with Crippen LogP contribution in [0.1, 0.15) is 30.1 Å². The fourth-order valence-corrected chi connectivity index (χ4v) is 2.09. The highest BCUT2D eigenvalue weighted by Gasteiger charge is 2.09. The van der Waals surface area contributed by atoms with Gasteiger partial charge in [-0.05, 0) is 24.6 Å². The van der Waals surface area contributed by atoms with Crippen molar-refractivity contribution in [3.63, 3.8) is 0 Å². The molecule has 1 amide bonds. The van der Waals surface area contributed by atoms with Gasteiger partial charge in [0.2, 0.25) is 5.91 Å². The third-order valence-electron chi connectivity index (χ3n) is 2.58. The summed E-state index contributed by atoms with van der Waals surface area (Å²) in [6.07, 6.45) is 3.58. The monoisotopic (exact) mass is 307 g/mol. The number of ether oxygens (including phenoxy) is 1. The van der Waals surface area contributed by atoms with E-state index in [2.05, 4.69) is 11.9 Å². The van der Waals surface area contributed by atoms with Crippen LogP contribution in [0.2, 0.25) is 0 Å². The molecule has 0 aromatic heterocycles. The molecule has 0 saturated heterocycles. The lowest BCUT2D eigenvalue weighted by Crippen LogP contribution is -2.15. The molecule has 5 heteroatoms. The normalized spacial score (nSPS) is 9.95. The lowest BCUT2D eigenvalue weighted by Gasteiger charge is -2.07. The number of hydrogen-bond acceptors (Lipinski definition) is 4. The van der Waals surface area contributed by atoms with Crippen molar-refractivity contribution < 1.29 is 14.3 Å². The predicted octanol–water partition coefficient (Wildman–Crippen LogP) is 3.50. The second-order valence-corrected chi connectivity index (χ2v) is 5.45. The molecule has 0 atom stereocenters. The van der Waals surface area contributed by atoms with E-state index in [1.807, 2.05) is 6.92 Å². The summed E-state index contributed by atoms with van der Waals surface area (Å²) >= 11 is 1.48. The fourth-order valence-electron chi connectivity index (χ4n) is 1.55. The number of esters is 1. The average molecular weight is 307 g/mol. The Morgan fingerprint density at radius 1 is 1.43 bits per heavy atom. The van der Waals surface area contributed by atoms with Crippen molar-refractivity contribution in [1.82, 2.24) is 0 Å². The van der Waals surface area contributed by atoms with Gasteiger partial charge in [0.05, 0.1) is 17.9 Å². The topological polar surface area (TPSA) is 55.4 Å². The number of hydrogen-bond donors (Lipinski definition) is 1. The highest BCUT2D eigenvalue weighted by Crippen LogP contribution is 2.13. The van der Waals surface area contributed by atoms with Crippen molar-refractivity contribution >= 4 is 29.3 Å². The number of unbranched alkanes of at least 4 members (excludes halogenated alkanes) is 1. The van der Waals surface area contributed by atoms with Gasteiger partial charge in [0.1, 0.15) is 0 Å². The van der Waals surface area contributed by atoms with E-state index in [0.717, 1.165) is 18.6 Å². The molecule has 0 heterocycles. The summed E-state index contributed by atoms with van der Waals surface area (Å²) < 4.78 is 5.14. The maximum atomic E-state index is 11.8. The Morgan fingerprint density at radius 3 is 2.95 bits per heavy atom.